The molecule has 3 rings (SSSR count). The minimum absolute atomic E-state index is 0.637. The van der Waals surface area contributed by atoms with E-state index in [9.17, 15) is 0 Å². The molecular weight excluding hydrogens is 304 g/mol. The number of aliphatic imine (C=N–C) groups is 1. The molecular formula is C16H24N8. The van der Waals surface area contributed by atoms with E-state index in [4.69, 9.17) is 4.99 Å². The first-order valence-corrected chi connectivity index (χ1v) is 8.29. The number of hydrogen-bond donors (Lipinski definition) is 1. The lowest BCUT2D eigenvalue weighted by atomic mass is 10.3. The van der Waals surface area contributed by atoms with Gasteiger partial charge in [0.15, 0.2) is 5.96 Å². The number of anilines is 1. The number of hydrogen-bond acceptors (Lipinski definition) is 5. The summed E-state index contributed by atoms with van der Waals surface area (Å²) in [6.07, 6.45) is 7.43. The molecule has 1 N–H and O–H groups in total. The molecule has 0 atom stereocenters. The van der Waals surface area contributed by atoms with Crippen molar-refractivity contribution in [2.75, 3.05) is 37.6 Å². The maximum Gasteiger partial charge on any atom is 0.225 e. The summed E-state index contributed by atoms with van der Waals surface area (Å²) < 4.78 is 1.80. The number of nitrogens with one attached hydrogen (secondary N) is 1. The van der Waals surface area contributed by atoms with Crippen LogP contribution in [0.1, 0.15) is 12.5 Å². The highest BCUT2D eigenvalue weighted by Crippen LogP contribution is 2.10. The van der Waals surface area contributed by atoms with Gasteiger partial charge in [-0.3, -0.25) is 4.68 Å². The largest absolute Gasteiger partial charge is 0.357 e. The Hall–Kier alpha value is -2.64. The number of aromatic nitrogens is 4. The summed E-state index contributed by atoms with van der Waals surface area (Å²) in [5.41, 5.74) is 1.12. The van der Waals surface area contributed by atoms with Gasteiger partial charge in [0.1, 0.15) is 0 Å². The zero-order valence-corrected chi connectivity index (χ0v) is 14.3. The molecule has 2 aromatic heterocycles. The average Bonchev–Trinajstić information content (AvgIpc) is 3.05. The second kappa shape index (κ2) is 7.76. The number of rotatable bonds is 4. The Morgan fingerprint density at radius 3 is 2.58 bits per heavy atom. The van der Waals surface area contributed by atoms with Crippen molar-refractivity contribution < 1.29 is 0 Å². The number of nitrogens with zero attached hydrogens (tertiary/aromatic N) is 7. The fourth-order valence-electron chi connectivity index (χ4n) is 2.72. The van der Waals surface area contributed by atoms with E-state index in [0.29, 0.717) is 6.54 Å². The molecule has 0 spiro atoms. The van der Waals surface area contributed by atoms with E-state index >= 15 is 0 Å². The highest BCUT2D eigenvalue weighted by Gasteiger charge is 2.21. The molecule has 1 fully saturated rings. The summed E-state index contributed by atoms with van der Waals surface area (Å²) in [6.45, 7) is 7.16. The zero-order valence-electron chi connectivity index (χ0n) is 14.3. The van der Waals surface area contributed by atoms with Crippen LogP contribution in [0.5, 0.6) is 0 Å². The fourth-order valence-corrected chi connectivity index (χ4v) is 2.72. The van der Waals surface area contributed by atoms with E-state index in [1.54, 1.807) is 17.1 Å². The number of guanidine groups is 1. The molecule has 1 aliphatic rings. The summed E-state index contributed by atoms with van der Waals surface area (Å²) in [5.74, 6) is 1.75. The predicted octanol–water partition coefficient (Wildman–Crippen LogP) is 0.498. The van der Waals surface area contributed by atoms with Crippen LogP contribution in [0.25, 0.3) is 0 Å². The van der Waals surface area contributed by atoms with E-state index in [-0.39, 0.29) is 0 Å². The molecule has 0 unspecified atom stereocenters. The van der Waals surface area contributed by atoms with Crippen molar-refractivity contribution in [2.45, 2.75) is 13.5 Å². The quantitative estimate of drug-likeness (QED) is 0.651. The van der Waals surface area contributed by atoms with Crippen molar-refractivity contribution in [1.29, 1.82) is 0 Å². The third-order valence-electron chi connectivity index (χ3n) is 3.92. The molecule has 0 bridgehead atoms. The molecule has 3 heterocycles. The molecule has 2 aromatic rings. The molecule has 0 radical (unpaired) electrons. The smallest absolute Gasteiger partial charge is 0.225 e. The van der Waals surface area contributed by atoms with Crippen molar-refractivity contribution in [3.05, 3.63) is 36.4 Å². The van der Waals surface area contributed by atoms with E-state index in [2.05, 4.69) is 37.1 Å². The topological polar surface area (TPSA) is 74.5 Å². The van der Waals surface area contributed by atoms with Gasteiger partial charge in [0.25, 0.3) is 0 Å². The maximum atomic E-state index is 4.75. The van der Waals surface area contributed by atoms with Gasteiger partial charge in [-0.05, 0) is 13.0 Å². The molecule has 0 aliphatic carbocycles. The fraction of sp³-hybridized carbons (Fsp3) is 0.500. The molecule has 8 nitrogen and oxygen atoms in total. The van der Waals surface area contributed by atoms with E-state index < -0.39 is 0 Å². The summed E-state index contributed by atoms with van der Waals surface area (Å²) in [4.78, 5) is 17.9. The first-order chi connectivity index (χ1) is 11.8. The first-order valence-electron chi connectivity index (χ1n) is 8.29. The zero-order chi connectivity index (χ0) is 16.8. The predicted molar refractivity (Wildman–Crippen MR) is 93.8 cm³/mol. The molecule has 8 heteroatoms. The third-order valence-corrected chi connectivity index (χ3v) is 3.92. The molecule has 1 saturated heterocycles. The van der Waals surface area contributed by atoms with Crippen molar-refractivity contribution in [3.63, 3.8) is 0 Å². The van der Waals surface area contributed by atoms with Gasteiger partial charge in [0, 0.05) is 63.9 Å². The van der Waals surface area contributed by atoms with Crippen LogP contribution >= 0.6 is 0 Å². The maximum absolute atomic E-state index is 4.75. The van der Waals surface area contributed by atoms with Gasteiger partial charge in [0.2, 0.25) is 5.95 Å². The Bertz CT molecular complexity index is 658. The molecule has 1 aliphatic heterocycles. The van der Waals surface area contributed by atoms with Gasteiger partial charge in [-0.1, -0.05) is 0 Å². The van der Waals surface area contributed by atoms with Gasteiger partial charge in [0.05, 0.1) is 12.7 Å². The van der Waals surface area contributed by atoms with Crippen LogP contribution in [0.4, 0.5) is 5.95 Å². The molecule has 24 heavy (non-hydrogen) atoms. The van der Waals surface area contributed by atoms with Gasteiger partial charge < -0.3 is 15.1 Å². The summed E-state index contributed by atoms with van der Waals surface area (Å²) in [6, 6.07) is 1.84. The number of aryl methyl sites for hydroxylation is 1. The van der Waals surface area contributed by atoms with Crippen LogP contribution in [0.15, 0.2) is 35.8 Å². The van der Waals surface area contributed by atoms with Gasteiger partial charge in [-0.15, -0.1) is 0 Å². The van der Waals surface area contributed by atoms with Crippen LogP contribution < -0.4 is 10.2 Å². The van der Waals surface area contributed by atoms with Crippen molar-refractivity contribution in [1.82, 2.24) is 30.0 Å². The summed E-state index contributed by atoms with van der Waals surface area (Å²) >= 11 is 0. The van der Waals surface area contributed by atoms with Crippen LogP contribution in [0, 0.1) is 0 Å². The second-order valence-electron chi connectivity index (χ2n) is 5.72. The van der Waals surface area contributed by atoms with Crippen LogP contribution in [-0.2, 0) is 13.6 Å². The Labute approximate surface area is 142 Å². The standard InChI is InChI=1S/C16H24N8/c1-3-17-15(20-11-14-12-21-22(2)13-14)23-7-9-24(10-8-23)16-18-5-4-6-19-16/h4-6,12-13H,3,7-11H2,1-2H3,(H,17,20). The van der Waals surface area contributed by atoms with Crippen LogP contribution in [0.2, 0.25) is 0 Å². The molecule has 0 aromatic carbocycles. The van der Waals surface area contributed by atoms with E-state index in [0.717, 1.165) is 50.2 Å². The van der Waals surface area contributed by atoms with Crippen LogP contribution in [-0.4, -0.2) is 63.3 Å². The molecule has 0 saturated carbocycles. The monoisotopic (exact) mass is 328 g/mol. The van der Waals surface area contributed by atoms with Crippen LogP contribution in [0.3, 0.4) is 0 Å². The summed E-state index contributed by atoms with van der Waals surface area (Å²) in [7, 11) is 1.92. The van der Waals surface area contributed by atoms with Crippen molar-refractivity contribution in [2.24, 2.45) is 12.0 Å². The summed E-state index contributed by atoms with van der Waals surface area (Å²) in [5, 5.41) is 7.57. The Morgan fingerprint density at radius 1 is 1.21 bits per heavy atom. The third kappa shape index (κ3) is 4.01. The first kappa shape index (κ1) is 16.2. The van der Waals surface area contributed by atoms with Crippen molar-refractivity contribution in [3.8, 4) is 0 Å². The SMILES string of the molecule is CCNC(=NCc1cnn(C)c1)N1CCN(c2ncccn2)CC1. The van der Waals surface area contributed by atoms with E-state index in [1.165, 1.54) is 0 Å². The van der Waals surface area contributed by atoms with Gasteiger partial charge in [-0.2, -0.15) is 5.10 Å². The Kier molecular flexibility index (Phi) is 5.25. The highest BCUT2D eigenvalue weighted by molar-refractivity contribution is 5.80. The van der Waals surface area contributed by atoms with Gasteiger partial charge in [-0.25, -0.2) is 15.0 Å². The highest BCUT2D eigenvalue weighted by atomic mass is 15.4. The lowest BCUT2D eigenvalue weighted by Crippen LogP contribution is -2.52. The Balaban J connectivity index is 1.61. The average molecular weight is 328 g/mol. The molecule has 128 valence electrons. The number of piperazine rings is 1. The lowest BCUT2D eigenvalue weighted by Gasteiger charge is -2.36. The lowest BCUT2D eigenvalue weighted by molar-refractivity contribution is 0.370. The second-order valence-corrected chi connectivity index (χ2v) is 5.72. The normalized spacial score (nSPS) is 15.7. The minimum atomic E-state index is 0.637. The molecule has 0 amide bonds. The Morgan fingerprint density at radius 2 is 1.96 bits per heavy atom. The van der Waals surface area contributed by atoms with E-state index in [1.807, 2.05) is 25.5 Å². The van der Waals surface area contributed by atoms with Crippen molar-refractivity contribution >= 4 is 11.9 Å². The minimum Gasteiger partial charge on any atom is -0.357 e. The van der Waals surface area contributed by atoms with Gasteiger partial charge >= 0.3 is 0 Å².